The van der Waals surface area contributed by atoms with Crippen LogP contribution in [-0.2, 0) is 13.1 Å². The molecule has 0 fully saturated rings. The molecule has 1 aromatic carbocycles. The highest BCUT2D eigenvalue weighted by molar-refractivity contribution is 5.75. The van der Waals surface area contributed by atoms with E-state index in [4.69, 9.17) is 0 Å². The molecule has 1 atom stereocenters. The maximum atomic E-state index is 12.6. The van der Waals surface area contributed by atoms with E-state index in [9.17, 15) is 4.79 Å². The molecule has 3 rings (SSSR count). The van der Waals surface area contributed by atoms with Crippen LogP contribution in [0.15, 0.2) is 36.4 Å². The van der Waals surface area contributed by atoms with Crippen molar-refractivity contribution < 1.29 is 4.79 Å². The van der Waals surface area contributed by atoms with Crippen molar-refractivity contribution in [1.29, 1.82) is 0 Å². The van der Waals surface area contributed by atoms with Crippen LogP contribution in [0.25, 0.3) is 0 Å². The number of nitrogens with zero attached hydrogens (tertiary/aromatic N) is 2. The highest BCUT2D eigenvalue weighted by Gasteiger charge is 2.30. The number of carbonyl (C=O) groups excluding carboxylic acids is 1. The Morgan fingerprint density at radius 2 is 1.87 bits per heavy atom. The molecule has 1 aromatic heterocycles. The minimum Gasteiger partial charge on any atom is -0.345 e. The highest BCUT2D eigenvalue weighted by Crippen LogP contribution is 2.30. The smallest absolute Gasteiger partial charge is 0.318 e. The van der Waals surface area contributed by atoms with E-state index in [-0.39, 0.29) is 12.1 Å². The first-order valence-electron chi connectivity index (χ1n) is 8.36. The first kappa shape index (κ1) is 15.7. The zero-order valence-electron chi connectivity index (χ0n) is 14.2. The predicted molar refractivity (Wildman–Crippen MR) is 92.3 cm³/mol. The van der Waals surface area contributed by atoms with Crippen LogP contribution in [-0.4, -0.2) is 22.0 Å². The Hall–Kier alpha value is -2.23. The van der Waals surface area contributed by atoms with Gasteiger partial charge in [0.1, 0.15) is 0 Å². The second-order valence-corrected chi connectivity index (χ2v) is 6.31. The third-order valence-corrected chi connectivity index (χ3v) is 4.73. The Morgan fingerprint density at radius 1 is 1.13 bits per heavy atom. The number of aryl methyl sites for hydroxylation is 2. The van der Waals surface area contributed by atoms with Crippen molar-refractivity contribution in [2.45, 2.75) is 46.3 Å². The van der Waals surface area contributed by atoms with E-state index in [1.807, 2.05) is 4.90 Å². The summed E-state index contributed by atoms with van der Waals surface area (Å²) < 4.78 is 2.33. The molecular weight excluding hydrogens is 286 g/mol. The van der Waals surface area contributed by atoms with Gasteiger partial charge in [-0.1, -0.05) is 36.8 Å². The van der Waals surface area contributed by atoms with Crippen LogP contribution in [0.3, 0.4) is 0 Å². The molecule has 1 N–H and O–H groups in total. The van der Waals surface area contributed by atoms with Gasteiger partial charge in [0.05, 0.1) is 6.04 Å². The van der Waals surface area contributed by atoms with Crippen molar-refractivity contribution in [2.24, 2.45) is 0 Å². The summed E-state index contributed by atoms with van der Waals surface area (Å²) in [5, 5.41) is 3.07. The topological polar surface area (TPSA) is 37.3 Å². The van der Waals surface area contributed by atoms with Gasteiger partial charge in [-0.25, -0.2) is 4.79 Å². The van der Waals surface area contributed by atoms with Gasteiger partial charge in [-0.15, -0.1) is 0 Å². The molecule has 1 aliphatic rings. The number of urea groups is 1. The maximum absolute atomic E-state index is 12.6. The standard InChI is InChI=1S/C19H25N3O/c1-4-17-18-10-7-15(3)21(18)11-12-22(17)19(23)20-13-16-8-5-14(2)6-9-16/h5-10,17H,4,11-13H2,1-3H3,(H,20,23). The van der Waals surface area contributed by atoms with Gasteiger partial charge in [0.25, 0.3) is 0 Å². The summed E-state index contributed by atoms with van der Waals surface area (Å²) in [7, 11) is 0. The Morgan fingerprint density at radius 3 is 2.57 bits per heavy atom. The van der Waals surface area contributed by atoms with Crippen LogP contribution >= 0.6 is 0 Å². The minimum atomic E-state index is 0.0301. The number of hydrogen-bond acceptors (Lipinski definition) is 1. The molecule has 0 saturated carbocycles. The molecule has 1 aliphatic heterocycles. The summed E-state index contributed by atoms with van der Waals surface area (Å²) in [6.07, 6.45) is 0.932. The number of benzene rings is 1. The first-order chi connectivity index (χ1) is 11.1. The van der Waals surface area contributed by atoms with E-state index >= 15 is 0 Å². The van der Waals surface area contributed by atoms with E-state index in [1.165, 1.54) is 17.0 Å². The van der Waals surface area contributed by atoms with Crippen LogP contribution in [0, 0.1) is 13.8 Å². The van der Waals surface area contributed by atoms with Gasteiger partial charge in [0, 0.05) is 31.0 Å². The van der Waals surface area contributed by atoms with Crippen LogP contribution < -0.4 is 5.32 Å². The lowest BCUT2D eigenvalue weighted by atomic mass is 10.1. The largest absolute Gasteiger partial charge is 0.345 e. The average molecular weight is 311 g/mol. The molecule has 0 bridgehead atoms. The van der Waals surface area contributed by atoms with E-state index in [2.05, 4.69) is 67.1 Å². The van der Waals surface area contributed by atoms with Crippen molar-refractivity contribution >= 4 is 6.03 Å². The normalized spacial score (nSPS) is 17.0. The molecule has 1 unspecified atom stereocenters. The summed E-state index contributed by atoms with van der Waals surface area (Å²) in [6.45, 7) is 8.56. The lowest BCUT2D eigenvalue weighted by molar-refractivity contribution is 0.152. The molecular formula is C19H25N3O. The van der Waals surface area contributed by atoms with Gasteiger partial charge in [0.2, 0.25) is 0 Å². The molecule has 2 amide bonds. The molecule has 122 valence electrons. The molecule has 0 radical (unpaired) electrons. The number of hydrogen-bond donors (Lipinski definition) is 1. The zero-order chi connectivity index (χ0) is 16.4. The average Bonchev–Trinajstić information content (AvgIpc) is 2.94. The van der Waals surface area contributed by atoms with E-state index < -0.39 is 0 Å². The summed E-state index contributed by atoms with van der Waals surface area (Å²) >= 11 is 0. The number of nitrogens with one attached hydrogen (secondary N) is 1. The van der Waals surface area contributed by atoms with E-state index in [1.54, 1.807) is 0 Å². The lowest BCUT2D eigenvalue weighted by Gasteiger charge is -2.37. The monoisotopic (exact) mass is 311 g/mol. The summed E-state index contributed by atoms with van der Waals surface area (Å²) in [5.41, 5.74) is 4.89. The molecule has 4 heteroatoms. The fourth-order valence-electron chi connectivity index (χ4n) is 3.37. The SMILES string of the molecule is CCC1c2ccc(C)n2CCN1C(=O)NCc1ccc(C)cc1. The van der Waals surface area contributed by atoms with Gasteiger partial charge in [0.15, 0.2) is 0 Å². The second kappa shape index (κ2) is 6.49. The fourth-order valence-corrected chi connectivity index (χ4v) is 3.37. The third-order valence-electron chi connectivity index (χ3n) is 4.73. The van der Waals surface area contributed by atoms with Crippen LogP contribution in [0.1, 0.15) is 41.9 Å². The Bertz CT molecular complexity index is 687. The van der Waals surface area contributed by atoms with Crippen LogP contribution in [0.4, 0.5) is 4.79 Å². The predicted octanol–water partition coefficient (Wildman–Crippen LogP) is 3.78. The lowest BCUT2D eigenvalue weighted by Crippen LogP contribution is -2.46. The molecule has 23 heavy (non-hydrogen) atoms. The summed E-state index contributed by atoms with van der Waals surface area (Å²) in [6, 6.07) is 12.8. The van der Waals surface area contributed by atoms with Gasteiger partial charge < -0.3 is 14.8 Å². The Labute approximate surface area is 138 Å². The van der Waals surface area contributed by atoms with Crippen molar-refractivity contribution in [3.63, 3.8) is 0 Å². The second-order valence-electron chi connectivity index (χ2n) is 6.31. The molecule has 0 spiro atoms. The fraction of sp³-hybridized carbons (Fsp3) is 0.421. The number of carbonyl (C=O) groups is 1. The Kier molecular flexibility index (Phi) is 4.42. The molecule has 0 aliphatic carbocycles. The molecule has 2 heterocycles. The third kappa shape index (κ3) is 3.11. The van der Waals surface area contributed by atoms with Gasteiger partial charge in [-0.05, 0) is 38.0 Å². The van der Waals surface area contributed by atoms with Gasteiger partial charge in [-0.3, -0.25) is 0 Å². The number of fused-ring (bicyclic) bond motifs is 1. The van der Waals surface area contributed by atoms with Crippen LogP contribution in [0.2, 0.25) is 0 Å². The van der Waals surface area contributed by atoms with E-state index in [0.29, 0.717) is 6.54 Å². The minimum absolute atomic E-state index is 0.0301. The van der Waals surface area contributed by atoms with Crippen molar-refractivity contribution in [3.05, 3.63) is 58.9 Å². The number of rotatable bonds is 3. The molecule has 0 saturated heterocycles. The van der Waals surface area contributed by atoms with Crippen molar-refractivity contribution in [2.75, 3.05) is 6.54 Å². The number of amides is 2. The first-order valence-corrected chi connectivity index (χ1v) is 8.36. The van der Waals surface area contributed by atoms with Gasteiger partial charge in [-0.2, -0.15) is 0 Å². The highest BCUT2D eigenvalue weighted by atomic mass is 16.2. The quantitative estimate of drug-likeness (QED) is 0.920. The zero-order valence-corrected chi connectivity index (χ0v) is 14.2. The van der Waals surface area contributed by atoms with Gasteiger partial charge >= 0.3 is 6.03 Å². The molecule has 4 nitrogen and oxygen atoms in total. The van der Waals surface area contributed by atoms with E-state index in [0.717, 1.165) is 25.1 Å². The maximum Gasteiger partial charge on any atom is 0.318 e. The summed E-state index contributed by atoms with van der Waals surface area (Å²) in [4.78, 5) is 14.6. The molecule has 2 aromatic rings. The van der Waals surface area contributed by atoms with Crippen molar-refractivity contribution in [1.82, 2.24) is 14.8 Å². The van der Waals surface area contributed by atoms with Crippen LogP contribution in [0.5, 0.6) is 0 Å². The summed E-state index contributed by atoms with van der Waals surface area (Å²) in [5.74, 6) is 0. The number of aromatic nitrogens is 1. The Balaban J connectivity index is 1.68. The van der Waals surface area contributed by atoms with Crippen molar-refractivity contribution in [3.8, 4) is 0 Å².